The van der Waals surface area contributed by atoms with Crippen LogP contribution in [-0.4, -0.2) is 22.8 Å². The predicted molar refractivity (Wildman–Crippen MR) is 73.0 cm³/mol. The van der Waals surface area contributed by atoms with Crippen molar-refractivity contribution in [1.29, 1.82) is 0 Å². The Balaban J connectivity index is 2.18. The van der Waals surface area contributed by atoms with E-state index in [4.69, 9.17) is 4.74 Å². The maximum Gasteiger partial charge on any atom is 0.129 e. The van der Waals surface area contributed by atoms with E-state index in [0.717, 1.165) is 27.6 Å². The van der Waals surface area contributed by atoms with Crippen molar-refractivity contribution in [3.8, 4) is 5.75 Å². The van der Waals surface area contributed by atoms with Crippen LogP contribution in [0.1, 0.15) is 6.92 Å². The third kappa shape index (κ3) is 1.83. The maximum absolute atomic E-state index is 9.32. The minimum atomic E-state index is -0.467. The molecule has 0 unspecified atom stereocenters. The zero-order valence-corrected chi connectivity index (χ0v) is 10.2. The Labute approximate surface area is 105 Å². The van der Waals surface area contributed by atoms with Crippen LogP contribution < -0.4 is 4.74 Å². The van der Waals surface area contributed by atoms with Gasteiger partial charge in [-0.25, -0.2) is 0 Å². The maximum atomic E-state index is 9.32. The molecule has 3 nitrogen and oxygen atoms in total. The molecule has 3 heteroatoms. The molecule has 18 heavy (non-hydrogen) atoms. The quantitative estimate of drug-likeness (QED) is 0.740. The molecule has 0 aliphatic carbocycles. The number of benzene rings is 2. The Morgan fingerprint density at radius 1 is 1.11 bits per heavy atom. The van der Waals surface area contributed by atoms with Crippen LogP contribution in [0.5, 0.6) is 5.75 Å². The summed E-state index contributed by atoms with van der Waals surface area (Å²) in [6, 6.07) is 14.1. The van der Waals surface area contributed by atoms with Crippen LogP contribution in [0.15, 0.2) is 42.5 Å². The van der Waals surface area contributed by atoms with E-state index >= 15 is 0 Å². The average Bonchev–Trinajstić information content (AvgIpc) is 2.75. The summed E-state index contributed by atoms with van der Waals surface area (Å²) in [5.41, 5.74) is 2.15. The lowest BCUT2D eigenvalue weighted by molar-refractivity contribution is 0.123. The molecule has 1 atom stereocenters. The van der Waals surface area contributed by atoms with Gasteiger partial charge in [0, 0.05) is 16.3 Å². The fourth-order valence-electron chi connectivity index (χ4n) is 2.20. The van der Waals surface area contributed by atoms with Crippen molar-refractivity contribution < 1.29 is 9.84 Å². The average molecular weight is 241 g/mol. The largest absolute Gasteiger partial charge is 0.490 e. The number of aromatic nitrogens is 1. The van der Waals surface area contributed by atoms with Crippen molar-refractivity contribution in [1.82, 2.24) is 4.98 Å². The van der Waals surface area contributed by atoms with Gasteiger partial charge < -0.3 is 14.8 Å². The molecule has 0 amide bonds. The molecule has 3 rings (SSSR count). The normalized spacial score (nSPS) is 13.0. The Bertz CT molecular complexity index is 685. The summed E-state index contributed by atoms with van der Waals surface area (Å²) in [4.78, 5) is 3.36. The molecule has 2 aromatic carbocycles. The molecule has 3 aromatic rings. The molecule has 0 saturated heterocycles. The van der Waals surface area contributed by atoms with Crippen LogP contribution in [0.2, 0.25) is 0 Å². The number of hydrogen-bond acceptors (Lipinski definition) is 2. The summed E-state index contributed by atoms with van der Waals surface area (Å²) < 4.78 is 5.68. The van der Waals surface area contributed by atoms with Crippen LogP contribution in [0.3, 0.4) is 0 Å². The fourth-order valence-corrected chi connectivity index (χ4v) is 2.20. The molecule has 1 aromatic heterocycles. The lowest BCUT2D eigenvalue weighted by Crippen LogP contribution is -2.12. The summed E-state index contributed by atoms with van der Waals surface area (Å²) in [5, 5.41) is 11.5. The van der Waals surface area contributed by atoms with Crippen molar-refractivity contribution in [2.45, 2.75) is 13.0 Å². The number of aromatic amines is 1. The standard InChI is InChI=1S/C15H15NO2/c1-10(17)9-18-14-8-4-7-13-15(14)11-5-2-3-6-12(11)16-13/h2-8,10,16-17H,9H2,1H3/t10-/m0/s1. The Morgan fingerprint density at radius 3 is 2.72 bits per heavy atom. The minimum absolute atomic E-state index is 0.304. The van der Waals surface area contributed by atoms with Gasteiger partial charge in [0.2, 0.25) is 0 Å². The topological polar surface area (TPSA) is 45.2 Å². The Kier molecular flexibility index (Phi) is 2.68. The second-order valence-electron chi connectivity index (χ2n) is 4.51. The van der Waals surface area contributed by atoms with Crippen molar-refractivity contribution in [2.24, 2.45) is 0 Å². The highest BCUT2D eigenvalue weighted by atomic mass is 16.5. The zero-order valence-electron chi connectivity index (χ0n) is 10.2. The van der Waals surface area contributed by atoms with Gasteiger partial charge in [-0.1, -0.05) is 24.3 Å². The monoisotopic (exact) mass is 241 g/mol. The summed E-state index contributed by atoms with van der Waals surface area (Å²) in [6.07, 6.45) is -0.467. The van der Waals surface area contributed by atoms with E-state index in [2.05, 4.69) is 11.1 Å². The number of rotatable bonds is 3. The first-order chi connectivity index (χ1) is 8.75. The highest BCUT2D eigenvalue weighted by Gasteiger charge is 2.09. The highest BCUT2D eigenvalue weighted by molar-refractivity contribution is 6.10. The van der Waals surface area contributed by atoms with Crippen LogP contribution >= 0.6 is 0 Å². The molecular formula is C15H15NO2. The lowest BCUT2D eigenvalue weighted by atomic mass is 10.1. The summed E-state index contributed by atoms with van der Waals surface area (Å²) in [7, 11) is 0. The van der Waals surface area contributed by atoms with E-state index in [1.165, 1.54) is 0 Å². The summed E-state index contributed by atoms with van der Waals surface area (Å²) >= 11 is 0. The number of para-hydroxylation sites is 1. The molecule has 92 valence electrons. The first-order valence-electron chi connectivity index (χ1n) is 6.06. The van der Waals surface area contributed by atoms with Crippen LogP contribution in [-0.2, 0) is 0 Å². The molecule has 0 spiro atoms. The lowest BCUT2D eigenvalue weighted by Gasteiger charge is -2.09. The van der Waals surface area contributed by atoms with E-state index < -0.39 is 6.10 Å². The van der Waals surface area contributed by atoms with Gasteiger partial charge >= 0.3 is 0 Å². The number of hydrogen-bond donors (Lipinski definition) is 2. The molecule has 0 radical (unpaired) electrons. The van der Waals surface area contributed by atoms with Gasteiger partial charge in [0.1, 0.15) is 12.4 Å². The number of nitrogens with one attached hydrogen (secondary N) is 1. The Hall–Kier alpha value is -2.00. The first-order valence-corrected chi connectivity index (χ1v) is 6.06. The van der Waals surface area contributed by atoms with E-state index in [9.17, 15) is 5.11 Å². The smallest absolute Gasteiger partial charge is 0.129 e. The van der Waals surface area contributed by atoms with Gasteiger partial charge in [-0.15, -0.1) is 0 Å². The predicted octanol–water partition coefficient (Wildman–Crippen LogP) is 3.08. The third-order valence-corrected chi connectivity index (χ3v) is 2.97. The van der Waals surface area contributed by atoms with Crippen LogP contribution in [0.4, 0.5) is 0 Å². The number of H-pyrrole nitrogens is 1. The number of ether oxygens (including phenoxy) is 1. The van der Waals surface area contributed by atoms with Crippen molar-refractivity contribution in [3.05, 3.63) is 42.5 Å². The third-order valence-electron chi connectivity index (χ3n) is 2.97. The van der Waals surface area contributed by atoms with Gasteiger partial charge in [-0.05, 0) is 25.1 Å². The molecular weight excluding hydrogens is 226 g/mol. The molecule has 0 bridgehead atoms. The van der Waals surface area contributed by atoms with E-state index in [0.29, 0.717) is 6.61 Å². The van der Waals surface area contributed by atoms with Gasteiger partial charge in [-0.2, -0.15) is 0 Å². The van der Waals surface area contributed by atoms with Gasteiger partial charge in [-0.3, -0.25) is 0 Å². The molecule has 0 aliphatic heterocycles. The molecule has 2 N–H and O–H groups in total. The number of aliphatic hydroxyl groups excluding tert-OH is 1. The van der Waals surface area contributed by atoms with Crippen LogP contribution in [0.25, 0.3) is 21.8 Å². The van der Waals surface area contributed by atoms with Gasteiger partial charge in [0.05, 0.1) is 11.6 Å². The fraction of sp³-hybridized carbons (Fsp3) is 0.200. The molecule has 1 heterocycles. The van der Waals surface area contributed by atoms with E-state index in [1.54, 1.807) is 6.92 Å². The van der Waals surface area contributed by atoms with Gasteiger partial charge in [0.15, 0.2) is 0 Å². The van der Waals surface area contributed by atoms with E-state index in [1.807, 2.05) is 36.4 Å². The summed E-state index contributed by atoms with van der Waals surface area (Å²) in [6.45, 7) is 2.02. The highest BCUT2D eigenvalue weighted by Crippen LogP contribution is 2.32. The second-order valence-corrected chi connectivity index (χ2v) is 4.51. The summed E-state index contributed by atoms with van der Waals surface area (Å²) in [5.74, 6) is 0.811. The molecule has 0 aliphatic rings. The first kappa shape index (κ1) is 11.1. The van der Waals surface area contributed by atoms with Crippen molar-refractivity contribution in [3.63, 3.8) is 0 Å². The number of aliphatic hydroxyl groups is 1. The zero-order chi connectivity index (χ0) is 12.5. The SMILES string of the molecule is C[C@H](O)COc1cccc2[nH]c3ccccc3c12. The van der Waals surface area contributed by atoms with E-state index in [-0.39, 0.29) is 0 Å². The van der Waals surface area contributed by atoms with Crippen molar-refractivity contribution in [2.75, 3.05) is 6.61 Å². The molecule has 0 saturated carbocycles. The minimum Gasteiger partial charge on any atom is -0.490 e. The van der Waals surface area contributed by atoms with Crippen molar-refractivity contribution >= 4 is 21.8 Å². The molecule has 0 fully saturated rings. The second kappa shape index (κ2) is 4.35. The van der Waals surface area contributed by atoms with Crippen LogP contribution in [0, 0.1) is 0 Å². The number of fused-ring (bicyclic) bond motifs is 3. The Morgan fingerprint density at radius 2 is 1.89 bits per heavy atom. The van der Waals surface area contributed by atoms with Gasteiger partial charge in [0.25, 0.3) is 0 Å².